The largest absolute Gasteiger partial charge is 0.278 e. The van der Waals surface area contributed by atoms with E-state index in [1.54, 1.807) is 12.1 Å². The number of benzene rings is 1. The molecule has 3 aliphatic rings. The van der Waals surface area contributed by atoms with E-state index in [4.69, 9.17) is 0 Å². The van der Waals surface area contributed by atoms with Gasteiger partial charge in [-0.3, -0.25) is 24.6 Å². The second-order valence-corrected chi connectivity index (χ2v) is 6.19. The van der Waals surface area contributed by atoms with Crippen LogP contribution in [0.1, 0.15) is 12.0 Å². The summed E-state index contributed by atoms with van der Waals surface area (Å²) in [7, 11) is 0. The predicted molar refractivity (Wildman–Crippen MR) is 76.4 cm³/mol. The van der Waals surface area contributed by atoms with Gasteiger partial charge in [0.2, 0.25) is 11.8 Å². The number of hydrogen-bond donors (Lipinski definition) is 0. The van der Waals surface area contributed by atoms with Crippen LogP contribution in [0.2, 0.25) is 0 Å². The fourth-order valence-corrected chi connectivity index (χ4v) is 4.03. The number of amides is 2. The van der Waals surface area contributed by atoms with E-state index in [1.165, 1.54) is 17.0 Å². The number of carbonyl (C=O) groups is 2. The Bertz CT molecular complexity index is 679. The summed E-state index contributed by atoms with van der Waals surface area (Å²) in [5.41, 5.74) is 0.731. The first-order chi connectivity index (χ1) is 10.6. The minimum atomic E-state index is -0.469. The molecule has 1 aromatic carbocycles. The highest BCUT2D eigenvalue weighted by Gasteiger charge is 2.59. The van der Waals surface area contributed by atoms with Crippen molar-refractivity contribution in [3.63, 3.8) is 0 Å². The average Bonchev–Trinajstić information content (AvgIpc) is 3.17. The first kappa shape index (κ1) is 13.2. The quantitative estimate of drug-likeness (QED) is 0.369. The molecule has 2 bridgehead atoms. The smallest absolute Gasteiger partial charge is 0.269 e. The molecule has 1 saturated carbocycles. The zero-order chi connectivity index (χ0) is 15.4. The van der Waals surface area contributed by atoms with Gasteiger partial charge in [0.05, 0.1) is 23.3 Å². The van der Waals surface area contributed by atoms with Crippen molar-refractivity contribution in [2.75, 3.05) is 0 Å². The Kier molecular flexibility index (Phi) is 2.69. The highest BCUT2D eigenvalue weighted by Crippen LogP contribution is 2.52. The third-order valence-corrected chi connectivity index (χ3v) is 5.05. The molecule has 1 saturated heterocycles. The summed E-state index contributed by atoms with van der Waals surface area (Å²) in [5.74, 6) is -0.168. The lowest BCUT2D eigenvalue weighted by molar-refractivity contribution is -0.384. The topological polar surface area (TPSA) is 80.5 Å². The van der Waals surface area contributed by atoms with Gasteiger partial charge in [-0.2, -0.15) is 0 Å². The Morgan fingerprint density at radius 2 is 1.59 bits per heavy atom. The van der Waals surface area contributed by atoms with E-state index in [1.807, 2.05) is 0 Å². The van der Waals surface area contributed by atoms with Gasteiger partial charge in [-0.05, 0) is 23.8 Å². The highest BCUT2D eigenvalue weighted by atomic mass is 16.6. The van der Waals surface area contributed by atoms with E-state index in [2.05, 4.69) is 12.2 Å². The van der Waals surface area contributed by atoms with Gasteiger partial charge >= 0.3 is 0 Å². The molecular weight excluding hydrogens is 284 g/mol. The van der Waals surface area contributed by atoms with Crippen molar-refractivity contribution in [2.24, 2.45) is 23.7 Å². The summed E-state index contributed by atoms with van der Waals surface area (Å²) in [6, 6.07) is 5.98. The second kappa shape index (κ2) is 4.50. The molecule has 6 heteroatoms. The number of nitro groups is 1. The maximum Gasteiger partial charge on any atom is 0.269 e. The number of likely N-dealkylation sites (tertiary alicyclic amines) is 1. The molecular formula is C16H14N2O4. The fourth-order valence-electron chi connectivity index (χ4n) is 4.03. The average molecular weight is 298 g/mol. The number of non-ortho nitro benzene ring substituents is 1. The van der Waals surface area contributed by atoms with E-state index in [0.29, 0.717) is 0 Å². The van der Waals surface area contributed by atoms with E-state index >= 15 is 0 Å². The molecule has 2 aliphatic carbocycles. The Morgan fingerprint density at radius 1 is 1.05 bits per heavy atom. The number of allylic oxidation sites excluding steroid dienone is 2. The maximum absolute atomic E-state index is 12.5. The molecule has 4 rings (SSSR count). The molecule has 2 fully saturated rings. The van der Waals surface area contributed by atoms with Crippen LogP contribution in [0.3, 0.4) is 0 Å². The Labute approximate surface area is 126 Å². The van der Waals surface area contributed by atoms with Crippen molar-refractivity contribution < 1.29 is 14.5 Å². The molecule has 1 aliphatic heterocycles. The van der Waals surface area contributed by atoms with Crippen molar-refractivity contribution in [1.29, 1.82) is 0 Å². The Hall–Kier alpha value is -2.50. The first-order valence-corrected chi connectivity index (χ1v) is 7.33. The van der Waals surface area contributed by atoms with Crippen LogP contribution in [0.5, 0.6) is 0 Å². The van der Waals surface area contributed by atoms with Gasteiger partial charge in [0, 0.05) is 12.1 Å². The summed E-state index contributed by atoms with van der Waals surface area (Å²) >= 11 is 0. The van der Waals surface area contributed by atoms with Gasteiger partial charge in [0.25, 0.3) is 5.69 Å². The molecule has 0 unspecified atom stereocenters. The van der Waals surface area contributed by atoms with Crippen molar-refractivity contribution in [3.05, 3.63) is 52.1 Å². The summed E-state index contributed by atoms with van der Waals surface area (Å²) in [6.07, 6.45) is 5.04. The van der Waals surface area contributed by atoms with Crippen LogP contribution in [-0.2, 0) is 16.1 Å². The van der Waals surface area contributed by atoms with Crippen LogP contribution in [0.4, 0.5) is 5.69 Å². The fraction of sp³-hybridized carbons (Fsp3) is 0.375. The number of rotatable bonds is 3. The van der Waals surface area contributed by atoms with Crippen molar-refractivity contribution >= 4 is 17.5 Å². The molecule has 0 spiro atoms. The number of fused-ring (bicyclic) bond motifs is 5. The number of nitro benzene ring substituents is 1. The Balaban J connectivity index is 1.56. The summed E-state index contributed by atoms with van der Waals surface area (Å²) < 4.78 is 0. The molecule has 6 nitrogen and oxygen atoms in total. The van der Waals surface area contributed by atoms with Gasteiger partial charge in [0.1, 0.15) is 0 Å². The zero-order valence-corrected chi connectivity index (χ0v) is 11.7. The van der Waals surface area contributed by atoms with Gasteiger partial charge in [-0.25, -0.2) is 0 Å². The van der Waals surface area contributed by atoms with Crippen LogP contribution in [0, 0.1) is 33.8 Å². The number of carbonyl (C=O) groups excluding carboxylic acids is 2. The molecule has 0 radical (unpaired) electrons. The van der Waals surface area contributed by atoms with Crippen LogP contribution < -0.4 is 0 Å². The van der Waals surface area contributed by atoms with E-state index in [0.717, 1.165) is 12.0 Å². The SMILES string of the molecule is O=C1[C@@H]2[C@H](C(=O)N1Cc1ccc([N+](=O)[O-])cc1)[C@H]1C=C[C@H]2C1. The van der Waals surface area contributed by atoms with E-state index < -0.39 is 4.92 Å². The van der Waals surface area contributed by atoms with Gasteiger partial charge in [-0.15, -0.1) is 0 Å². The Morgan fingerprint density at radius 3 is 2.09 bits per heavy atom. The van der Waals surface area contributed by atoms with Crippen LogP contribution in [0.25, 0.3) is 0 Å². The molecule has 1 heterocycles. The molecule has 4 atom stereocenters. The minimum absolute atomic E-state index is 0.00180. The van der Waals surface area contributed by atoms with Crippen molar-refractivity contribution in [1.82, 2.24) is 4.90 Å². The lowest BCUT2D eigenvalue weighted by Crippen LogP contribution is -2.32. The lowest BCUT2D eigenvalue weighted by Gasteiger charge is -2.17. The van der Waals surface area contributed by atoms with Crippen LogP contribution >= 0.6 is 0 Å². The summed E-state index contributed by atoms with van der Waals surface area (Å²) in [5, 5.41) is 10.7. The third kappa shape index (κ3) is 1.73. The minimum Gasteiger partial charge on any atom is -0.278 e. The predicted octanol–water partition coefficient (Wildman–Crippen LogP) is 1.90. The van der Waals surface area contributed by atoms with Crippen molar-refractivity contribution in [3.8, 4) is 0 Å². The van der Waals surface area contributed by atoms with Crippen molar-refractivity contribution in [2.45, 2.75) is 13.0 Å². The normalized spacial score (nSPS) is 31.9. The van der Waals surface area contributed by atoms with E-state index in [-0.39, 0.29) is 47.7 Å². The molecule has 2 amide bonds. The highest BCUT2D eigenvalue weighted by molar-refractivity contribution is 6.06. The third-order valence-electron chi connectivity index (χ3n) is 5.05. The molecule has 112 valence electrons. The zero-order valence-electron chi connectivity index (χ0n) is 11.7. The van der Waals surface area contributed by atoms with Crippen LogP contribution in [0.15, 0.2) is 36.4 Å². The van der Waals surface area contributed by atoms with E-state index in [9.17, 15) is 19.7 Å². The number of imide groups is 1. The van der Waals surface area contributed by atoms with Gasteiger partial charge in [-0.1, -0.05) is 24.3 Å². The standard InChI is InChI=1S/C16H14N2O4/c19-15-13-10-3-4-11(7-10)14(13)16(20)17(15)8-9-1-5-12(6-2-9)18(21)22/h1-6,10-11,13-14H,7-8H2/t10-,11-,13-,14+/m0/s1. The summed E-state index contributed by atoms with van der Waals surface area (Å²) in [4.78, 5) is 36.6. The molecule has 22 heavy (non-hydrogen) atoms. The first-order valence-electron chi connectivity index (χ1n) is 7.33. The lowest BCUT2D eigenvalue weighted by atomic mass is 9.85. The second-order valence-electron chi connectivity index (χ2n) is 6.19. The monoisotopic (exact) mass is 298 g/mol. The number of nitrogens with zero attached hydrogens (tertiary/aromatic N) is 2. The van der Waals surface area contributed by atoms with Gasteiger partial charge < -0.3 is 0 Å². The number of hydrogen-bond acceptors (Lipinski definition) is 4. The van der Waals surface area contributed by atoms with Gasteiger partial charge in [0.15, 0.2) is 0 Å². The molecule has 0 N–H and O–H groups in total. The molecule has 0 aromatic heterocycles. The summed E-state index contributed by atoms with van der Waals surface area (Å²) in [6.45, 7) is 0.197. The maximum atomic E-state index is 12.5. The van der Waals surface area contributed by atoms with Crippen LogP contribution in [-0.4, -0.2) is 21.6 Å². The molecule has 1 aromatic rings.